The number of unbranched alkanes of at least 4 members (excludes halogenated alkanes) is 3. The molecule has 3 amide bonds. The van der Waals surface area contributed by atoms with Gasteiger partial charge < -0.3 is 25.4 Å². The van der Waals surface area contributed by atoms with Gasteiger partial charge >= 0.3 is 0 Å². The van der Waals surface area contributed by atoms with Crippen LogP contribution in [0.4, 0.5) is 11.4 Å². The molecule has 208 valence electrons. The first-order valence-electron chi connectivity index (χ1n) is 13.8. The molecule has 9 heteroatoms. The lowest BCUT2D eigenvalue weighted by molar-refractivity contribution is -0.139. The zero-order valence-corrected chi connectivity index (χ0v) is 23.3. The maximum atomic E-state index is 14.1. The molecular formula is C30H37N3O5S. The molecule has 2 unspecified atom stereocenters. The van der Waals surface area contributed by atoms with E-state index in [1.165, 1.54) is 0 Å². The van der Waals surface area contributed by atoms with Crippen molar-refractivity contribution in [3.8, 4) is 5.75 Å². The van der Waals surface area contributed by atoms with E-state index in [-0.39, 0.29) is 24.3 Å². The van der Waals surface area contributed by atoms with E-state index in [9.17, 15) is 14.4 Å². The summed E-state index contributed by atoms with van der Waals surface area (Å²) in [7, 11) is 1.59. The van der Waals surface area contributed by atoms with Gasteiger partial charge in [-0.25, -0.2) is 0 Å². The molecule has 5 atom stereocenters. The van der Waals surface area contributed by atoms with E-state index in [4.69, 9.17) is 9.84 Å². The lowest BCUT2D eigenvalue weighted by Gasteiger charge is -2.34. The third kappa shape index (κ3) is 5.02. The summed E-state index contributed by atoms with van der Waals surface area (Å²) in [6, 6.07) is 15.8. The van der Waals surface area contributed by atoms with Gasteiger partial charge in [-0.05, 0) is 69.0 Å². The number of para-hydroxylation sites is 1. The molecule has 3 aliphatic heterocycles. The third-order valence-corrected chi connectivity index (χ3v) is 10.5. The van der Waals surface area contributed by atoms with Crippen LogP contribution >= 0.6 is 11.8 Å². The zero-order chi connectivity index (χ0) is 27.6. The molecule has 2 bridgehead atoms. The molecule has 0 radical (unpaired) electrons. The van der Waals surface area contributed by atoms with E-state index < -0.39 is 27.4 Å². The number of nitrogens with one attached hydrogen (secondary N) is 2. The van der Waals surface area contributed by atoms with E-state index in [1.54, 1.807) is 48.0 Å². The Balaban J connectivity index is 1.44. The molecule has 3 N–H and O–H groups in total. The minimum atomic E-state index is -0.670. The first kappa shape index (κ1) is 27.5. The maximum absolute atomic E-state index is 14.1. The predicted molar refractivity (Wildman–Crippen MR) is 153 cm³/mol. The van der Waals surface area contributed by atoms with Gasteiger partial charge in [-0.3, -0.25) is 14.4 Å². The smallest absolute Gasteiger partial charge is 0.248 e. The molecule has 2 aromatic rings. The van der Waals surface area contributed by atoms with Gasteiger partial charge in [0, 0.05) is 29.3 Å². The van der Waals surface area contributed by atoms with Crippen molar-refractivity contribution >= 4 is 40.9 Å². The number of carbonyl (C=O) groups excluding carboxylic acids is 3. The second-order valence-electron chi connectivity index (χ2n) is 11.0. The summed E-state index contributed by atoms with van der Waals surface area (Å²) in [6.07, 6.45) is 4.66. The number of aliphatic hydroxyl groups excluding tert-OH is 1. The molecule has 0 aromatic heterocycles. The third-order valence-electron chi connectivity index (χ3n) is 8.51. The molecule has 2 aromatic carbocycles. The van der Waals surface area contributed by atoms with Crippen molar-refractivity contribution < 1.29 is 24.2 Å². The Bertz CT molecular complexity index is 1210. The number of ether oxygens (including phenoxy) is 1. The fourth-order valence-corrected chi connectivity index (χ4v) is 9.10. The van der Waals surface area contributed by atoms with Gasteiger partial charge in [0.2, 0.25) is 17.7 Å². The highest BCUT2D eigenvalue weighted by atomic mass is 32.2. The monoisotopic (exact) mass is 551 g/mol. The zero-order valence-electron chi connectivity index (χ0n) is 22.5. The highest BCUT2D eigenvalue weighted by molar-refractivity contribution is 8.02. The van der Waals surface area contributed by atoms with E-state index >= 15 is 0 Å². The van der Waals surface area contributed by atoms with Crippen LogP contribution in [0.2, 0.25) is 0 Å². The molecule has 1 spiro atoms. The summed E-state index contributed by atoms with van der Waals surface area (Å²) in [5, 5.41) is 15.2. The number of nitrogens with zero attached hydrogens (tertiary/aromatic N) is 1. The van der Waals surface area contributed by atoms with E-state index in [0.29, 0.717) is 30.1 Å². The van der Waals surface area contributed by atoms with Crippen LogP contribution < -0.4 is 15.4 Å². The van der Waals surface area contributed by atoms with Crippen molar-refractivity contribution in [3.05, 3.63) is 54.6 Å². The largest absolute Gasteiger partial charge is 0.497 e. The molecule has 39 heavy (non-hydrogen) atoms. The Kier molecular flexibility index (Phi) is 7.91. The van der Waals surface area contributed by atoms with E-state index in [1.807, 2.05) is 30.3 Å². The van der Waals surface area contributed by atoms with Gasteiger partial charge in [-0.2, -0.15) is 0 Å². The Hall–Kier alpha value is -3.04. The topological polar surface area (TPSA) is 108 Å². The number of hydrogen-bond donors (Lipinski definition) is 3. The average molecular weight is 552 g/mol. The van der Waals surface area contributed by atoms with Gasteiger partial charge in [0.25, 0.3) is 0 Å². The van der Waals surface area contributed by atoms with Crippen LogP contribution in [0.25, 0.3) is 0 Å². The summed E-state index contributed by atoms with van der Waals surface area (Å²) >= 11 is 1.67. The van der Waals surface area contributed by atoms with Crippen LogP contribution in [-0.4, -0.2) is 63.5 Å². The summed E-state index contributed by atoms with van der Waals surface area (Å²) in [6.45, 7) is 2.67. The van der Waals surface area contributed by atoms with Crippen LogP contribution in [0.1, 0.15) is 45.4 Å². The molecule has 0 saturated carbocycles. The van der Waals surface area contributed by atoms with Crippen LogP contribution in [-0.2, 0) is 14.4 Å². The number of methoxy groups -OCH3 is 1. The number of fused-ring (bicyclic) bond motifs is 1. The van der Waals surface area contributed by atoms with Gasteiger partial charge in [-0.15, -0.1) is 11.8 Å². The number of likely N-dealkylation sites (tertiary alicyclic amines) is 1. The van der Waals surface area contributed by atoms with Crippen molar-refractivity contribution in [3.63, 3.8) is 0 Å². The van der Waals surface area contributed by atoms with E-state index in [2.05, 4.69) is 17.6 Å². The summed E-state index contributed by atoms with van der Waals surface area (Å²) in [5.74, 6) is -0.871. The van der Waals surface area contributed by atoms with Crippen LogP contribution in [0.15, 0.2) is 54.6 Å². The number of rotatable bonds is 11. The summed E-state index contributed by atoms with van der Waals surface area (Å²) in [4.78, 5) is 43.6. The number of benzene rings is 2. The SMILES string of the molecule is COc1ccc(NC(=O)C2N(CCCCCCO)C(=O)[C@@H]3[C@H](C(=O)Nc4ccccc4)[C@]4(C)CCC23S4)cc1. The first-order valence-corrected chi connectivity index (χ1v) is 14.6. The predicted octanol–water partition coefficient (Wildman–Crippen LogP) is 4.31. The fourth-order valence-electron chi connectivity index (χ4n) is 6.74. The van der Waals surface area contributed by atoms with Crippen molar-refractivity contribution in [2.75, 3.05) is 30.9 Å². The number of aliphatic hydroxyl groups is 1. The Morgan fingerprint density at radius 3 is 2.33 bits per heavy atom. The highest BCUT2D eigenvalue weighted by Gasteiger charge is 2.77. The van der Waals surface area contributed by atoms with Gasteiger partial charge in [0.15, 0.2) is 0 Å². The van der Waals surface area contributed by atoms with Crippen molar-refractivity contribution in [1.82, 2.24) is 4.90 Å². The Labute approximate surface area is 233 Å². The maximum Gasteiger partial charge on any atom is 0.248 e. The van der Waals surface area contributed by atoms with Gasteiger partial charge in [0.1, 0.15) is 11.8 Å². The number of hydrogen-bond acceptors (Lipinski definition) is 6. The van der Waals surface area contributed by atoms with E-state index in [0.717, 1.165) is 32.1 Å². The lowest BCUT2D eigenvalue weighted by Crippen LogP contribution is -2.51. The Morgan fingerprint density at radius 2 is 1.64 bits per heavy atom. The first-order chi connectivity index (χ1) is 18.8. The lowest BCUT2D eigenvalue weighted by atomic mass is 9.66. The quantitative estimate of drug-likeness (QED) is 0.360. The Morgan fingerprint density at radius 1 is 0.974 bits per heavy atom. The molecule has 3 saturated heterocycles. The van der Waals surface area contributed by atoms with Crippen LogP contribution in [0, 0.1) is 11.8 Å². The minimum Gasteiger partial charge on any atom is -0.497 e. The van der Waals surface area contributed by atoms with Gasteiger partial charge in [0.05, 0.1) is 23.7 Å². The van der Waals surface area contributed by atoms with Crippen LogP contribution in [0.5, 0.6) is 5.75 Å². The second kappa shape index (κ2) is 11.2. The van der Waals surface area contributed by atoms with Gasteiger partial charge in [-0.1, -0.05) is 31.0 Å². The molecule has 3 heterocycles. The van der Waals surface area contributed by atoms with Crippen molar-refractivity contribution in [2.24, 2.45) is 11.8 Å². The standard InChI is InChI=1S/C30H37N3O5S/c1-29-16-17-30(39-29)24(23(29)26(35)31-20-10-6-5-7-11-20)28(37)33(18-8-3-4-9-19-34)25(30)27(36)32-21-12-14-22(38-2)15-13-21/h5-7,10-15,23-25,34H,3-4,8-9,16-19H2,1-2H3,(H,31,35)(H,32,36)/t23-,24+,25?,29+,30?/m1/s1. The van der Waals surface area contributed by atoms with Crippen molar-refractivity contribution in [2.45, 2.75) is 61.0 Å². The molecule has 3 aliphatic rings. The number of thioether (sulfide) groups is 1. The summed E-state index contributed by atoms with van der Waals surface area (Å²) < 4.78 is 4.15. The van der Waals surface area contributed by atoms with Crippen molar-refractivity contribution in [1.29, 1.82) is 0 Å². The highest BCUT2D eigenvalue weighted by Crippen LogP contribution is 2.71. The minimum absolute atomic E-state index is 0.101. The second-order valence-corrected chi connectivity index (χ2v) is 12.9. The number of anilines is 2. The molecule has 8 nitrogen and oxygen atoms in total. The average Bonchev–Trinajstić information content (AvgIpc) is 3.50. The van der Waals surface area contributed by atoms with Crippen LogP contribution in [0.3, 0.4) is 0 Å². The normalized spacial score (nSPS) is 28.8. The number of carbonyl (C=O) groups is 3. The molecule has 0 aliphatic carbocycles. The summed E-state index contributed by atoms with van der Waals surface area (Å²) in [5.41, 5.74) is 1.34. The fraction of sp³-hybridized carbons (Fsp3) is 0.500. The number of amides is 3. The molecule has 3 fully saturated rings. The molecular weight excluding hydrogens is 514 g/mol. The molecule has 5 rings (SSSR count).